The minimum Gasteiger partial charge on any atom is -0.351 e. The van der Waals surface area contributed by atoms with Crippen molar-refractivity contribution in [1.82, 2.24) is 14.8 Å². The largest absolute Gasteiger partial charge is 0.351 e. The Morgan fingerprint density at radius 3 is 2.38 bits per heavy atom. The first-order valence-electron chi connectivity index (χ1n) is 8.98. The molecule has 1 fully saturated rings. The van der Waals surface area contributed by atoms with E-state index in [9.17, 15) is 9.59 Å². The molecule has 0 radical (unpaired) electrons. The number of carbonyl (C=O) groups is 2. The van der Waals surface area contributed by atoms with Crippen LogP contribution in [0.25, 0.3) is 5.69 Å². The Labute approximate surface area is 158 Å². The van der Waals surface area contributed by atoms with Crippen LogP contribution in [0.2, 0.25) is 5.02 Å². The molecule has 0 aliphatic carbocycles. The van der Waals surface area contributed by atoms with Crippen LogP contribution in [-0.2, 0) is 4.79 Å². The second-order valence-corrected chi connectivity index (χ2v) is 7.12. The predicted octanol–water partition coefficient (Wildman–Crippen LogP) is 3.49. The van der Waals surface area contributed by atoms with Gasteiger partial charge in [0.25, 0.3) is 5.91 Å². The van der Waals surface area contributed by atoms with Crippen molar-refractivity contribution in [2.75, 3.05) is 19.6 Å². The molecule has 138 valence electrons. The van der Waals surface area contributed by atoms with Gasteiger partial charge in [-0.2, -0.15) is 0 Å². The molecule has 1 N–H and O–H groups in total. The normalized spacial score (nSPS) is 13.9. The van der Waals surface area contributed by atoms with Gasteiger partial charge in [0.1, 0.15) is 0 Å². The maximum absolute atomic E-state index is 12.5. The molecule has 1 aliphatic rings. The van der Waals surface area contributed by atoms with Gasteiger partial charge in [0.15, 0.2) is 0 Å². The van der Waals surface area contributed by atoms with Crippen LogP contribution in [0, 0.1) is 13.8 Å². The minimum atomic E-state index is -0.256. The average Bonchev–Trinajstić information content (AvgIpc) is 3.26. The third-order valence-corrected chi connectivity index (χ3v) is 5.14. The smallest absolute Gasteiger partial charge is 0.252 e. The minimum absolute atomic E-state index is 0.0984. The van der Waals surface area contributed by atoms with E-state index in [1.165, 1.54) is 0 Å². The fourth-order valence-corrected chi connectivity index (χ4v) is 3.61. The zero-order valence-corrected chi connectivity index (χ0v) is 16.0. The zero-order valence-electron chi connectivity index (χ0n) is 15.2. The molecule has 3 rings (SSSR count). The van der Waals surface area contributed by atoms with Crippen molar-refractivity contribution < 1.29 is 9.59 Å². The van der Waals surface area contributed by atoms with E-state index in [1.54, 1.807) is 12.1 Å². The molecule has 0 bridgehead atoms. The van der Waals surface area contributed by atoms with Crippen LogP contribution < -0.4 is 5.32 Å². The van der Waals surface area contributed by atoms with Gasteiger partial charge in [-0.3, -0.25) is 9.59 Å². The van der Waals surface area contributed by atoms with Gasteiger partial charge in [-0.05, 0) is 57.0 Å². The monoisotopic (exact) mass is 373 g/mol. The molecule has 1 saturated heterocycles. The summed E-state index contributed by atoms with van der Waals surface area (Å²) < 4.78 is 2.07. The van der Waals surface area contributed by atoms with Crippen LogP contribution in [0.3, 0.4) is 0 Å². The van der Waals surface area contributed by atoms with Crippen LogP contribution in [0.5, 0.6) is 0 Å². The lowest BCUT2D eigenvalue weighted by molar-refractivity contribution is -0.129. The molecule has 2 amide bonds. The molecule has 5 nitrogen and oxygen atoms in total. The molecule has 2 aromatic rings. The third-order valence-electron chi connectivity index (χ3n) is 4.81. The summed E-state index contributed by atoms with van der Waals surface area (Å²) in [5.41, 5.74) is 3.50. The third kappa shape index (κ3) is 3.93. The van der Waals surface area contributed by atoms with Gasteiger partial charge in [-0.15, -0.1) is 0 Å². The highest BCUT2D eigenvalue weighted by atomic mass is 35.5. The Morgan fingerprint density at radius 1 is 1.08 bits per heavy atom. The number of nitrogens with zero attached hydrogens (tertiary/aromatic N) is 2. The van der Waals surface area contributed by atoms with E-state index in [2.05, 4.69) is 9.88 Å². The van der Waals surface area contributed by atoms with Crippen molar-refractivity contribution in [3.63, 3.8) is 0 Å². The highest BCUT2D eigenvalue weighted by Crippen LogP contribution is 2.23. The second kappa shape index (κ2) is 7.96. The number of carbonyl (C=O) groups excluding carboxylic acids is 2. The highest BCUT2D eigenvalue weighted by Gasteiger charge is 2.18. The topological polar surface area (TPSA) is 54.3 Å². The molecule has 0 spiro atoms. The van der Waals surface area contributed by atoms with Crippen molar-refractivity contribution in [3.8, 4) is 5.69 Å². The standard InChI is InChI=1S/C20H24ClN3O2/c1-14-5-6-15(2)24(14)16-7-8-18(21)17(13-16)20(26)22-10-9-19(25)23-11-3-4-12-23/h5-8,13H,3-4,9-12H2,1-2H3,(H,22,26). The maximum atomic E-state index is 12.5. The van der Waals surface area contributed by atoms with E-state index < -0.39 is 0 Å². The quantitative estimate of drug-likeness (QED) is 0.872. The molecule has 0 atom stereocenters. The summed E-state index contributed by atoms with van der Waals surface area (Å²) in [6, 6.07) is 9.50. The van der Waals surface area contributed by atoms with Gasteiger partial charge in [0, 0.05) is 43.1 Å². The number of hydrogen-bond acceptors (Lipinski definition) is 2. The number of benzene rings is 1. The average molecular weight is 374 g/mol. The van der Waals surface area contributed by atoms with E-state index in [1.807, 2.05) is 36.9 Å². The van der Waals surface area contributed by atoms with Gasteiger partial charge >= 0.3 is 0 Å². The Bertz CT molecular complexity index is 803. The number of aryl methyl sites for hydroxylation is 2. The summed E-state index contributed by atoms with van der Waals surface area (Å²) in [4.78, 5) is 26.4. The molecule has 0 unspecified atom stereocenters. The van der Waals surface area contributed by atoms with Crippen molar-refractivity contribution in [2.24, 2.45) is 0 Å². The van der Waals surface area contributed by atoms with E-state index in [4.69, 9.17) is 11.6 Å². The molecule has 1 aromatic heterocycles. The zero-order chi connectivity index (χ0) is 18.7. The molecule has 1 aliphatic heterocycles. The van der Waals surface area contributed by atoms with Crippen molar-refractivity contribution in [2.45, 2.75) is 33.1 Å². The van der Waals surface area contributed by atoms with Gasteiger partial charge in [-0.25, -0.2) is 0 Å². The van der Waals surface area contributed by atoms with Crippen molar-refractivity contribution in [1.29, 1.82) is 0 Å². The number of hydrogen-bond donors (Lipinski definition) is 1. The number of rotatable bonds is 5. The van der Waals surface area contributed by atoms with E-state index >= 15 is 0 Å². The Hall–Kier alpha value is -2.27. The first-order chi connectivity index (χ1) is 12.5. The van der Waals surface area contributed by atoms with Gasteiger partial charge in [0.2, 0.25) is 5.91 Å². The summed E-state index contributed by atoms with van der Waals surface area (Å²) in [7, 11) is 0. The lowest BCUT2D eigenvalue weighted by Gasteiger charge is -2.15. The van der Waals surface area contributed by atoms with Gasteiger partial charge in [0.05, 0.1) is 10.6 Å². The lowest BCUT2D eigenvalue weighted by Crippen LogP contribution is -2.32. The summed E-state index contributed by atoms with van der Waals surface area (Å²) in [5.74, 6) is -0.158. The van der Waals surface area contributed by atoms with E-state index in [-0.39, 0.29) is 11.8 Å². The van der Waals surface area contributed by atoms with Crippen LogP contribution in [0.1, 0.15) is 41.0 Å². The first-order valence-corrected chi connectivity index (χ1v) is 9.36. The highest BCUT2D eigenvalue weighted by molar-refractivity contribution is 6.33. The molecule has 0 saturated carbocycles. The van der Waals surface area contributed by atoms with Crippen LogP contribution in [0.15, 0.2) is 30.3 Å². The fourth-order valence-electron chi connectivity index (χ4n) is 3.40. The van der Waals surface area contributed by atoms with Gasteiger partial charge < -0.3 is 14.8 Å². The van der Waals surface area contributed by atoms with Crippen molar-refractivity contribution in [3.05, 3.63) is 52.3 Å². The second-order valence-electron chi connectivity index (χ2n) is 6.71. The van der Waals surface area contributed by atoms with E-state index in [0.717, 1.165) is 43.0 Å². The van der Waals surface area contributed by atoms with Gasteiger partial charge in [-0.1, -0.05) is 11.6 Å². The van der Waals surface area contributed by atoms with Crippen LogP contribution >= 0.6 is 11.6 Å². The fraction of sp³-hybridized carbons (Fsp3) is 0.400. The Kier molecular flexibility index (Phi) is 5.67. The molecule has 1 aromatic carbocycles. The first kappa shape index (κ1) is 18.5. The van der Waals surface area contributed by atoms with Crippen LogP contribution in [0.4, 0.5) is 0 Å². The number of halogens is 1. The molecular weight excluding hydrogens is 350 g/mol. The summed E-state index contributed by atoms with van der Waals surface area (Å²) >= 11 is 6.23. The SMILES string of the molecule is Cc1ccc(C)n1-c1ccc(Cl)c(C(=O)NCCC(=O)N2CCCC2)c1. The van der Waals surface area contributed by atoms with Crippen molar-refractivity contribution >= 4 is 23.4 Å². The number of amides is 2. The Morgan fingerprint density at radius 2 is 1.73 bits per heavy atom. The predicted molar refractivity (Wildman–Crippen MR) is 103 cm³/mol. The Balaban J connectivity index is 1.67. The molecule has 2 heterocycles. The summed E-state index contributed by atoms with van der Waals surface area (Å²) in [5, 5.41) is 3.22. The molecular formula is C20H24ClN3O2. The summed E-state index contributed by atoms with van der Waals surface area (Å²) in [6.07, 6.45) is 2.45. The van der Waals surface area contributed by atoms with E-state index in [0.29, 0.717) is 23.6 Å². The maximum Gasteiger partial charge on any atom is 0.252 e. The number of likely N-dealkylation sites (tertiary alicyclic amines) is 1. The molecule has 6 heteroatoms. The number of aromatic nitrogens is 1. The lowest BCUT2D eigenvalue weighted by atomic mass is 10.1. The molecule has 26 heavy (non-hydrogen) atoms. The van der Waals surface area contributed by atoms with Crippen LogP contribution in [-0.4, -0.2) is 40.9 Å². The number of nitrogens with one attached hydrogen (secondary N) is 1. The summed E-state index contributed by atoms with van der Waals surface area (Å²) in [6.45, 7) is 6.01.